The smallest absolute Gasteiger partial charge is 0.143 e. The molecule has 0 radical (unpaired) electrons. The van der Waals surface area contributed by atoms with E-state index in [1.165, 1.54) is 97.8 Å². The third kappa shape index (κ3) is 5.67. The molecule has 2 heteroatoms. The van der Waals surface area contributed by atoms with Crippen molar-refractivity contribution < 1.29 is 4.42 Å². The van der Waals surface area contributed by atoms with Crippen LogP contribution in [0.25, 0.3) is 55.3 Å². The van der Waals surface area contributed by atoms with E-state index in [0.29, 0.717) is 11.8 Å². The van der Waals surface area contributed by atoms with Crippen molar-refractivity contribution in [2.75, 3.05) is 4.90 Å². The number of furan rings is 1. The van der Waals surface area contributed by atoms with Gasteiger partial charge in [-0.05, 0) is 119 Å². The molecule has 7 aromatic carbocycles. The Bertz CT molecular complexity index is 2670. The summed E-state index contributed by atoms with van der Waals surface area (Å²) in [5, 5.41) is 2.32. The van der Waals surface area contributed by atoms with Gasteiger partial charge < -0.3 is 9.32 Å². The van der Waals surface area contributed by atoms with E-state index in [9.17, 15) is 0 Å². The molecule has 0 unspecified atom stereocenters. The lowest BCUT2D eigenvalue weighted by Crippen LogP contribution is -2.44. The van der Waals surface area contributed by atoms with Crippen LogP contribution >= 0.6 is 0 Å². The number of hydrogen-bond donors (Lipinski definition) is 0. The highest BCUT2D eigenvalue weighted by molar-refractivity contribution is 6.09. The molecule has 2 saturated carbocycles. The van der Waals surface area contributed by atoms with E-state index >= 15 is 0 Å². The maximum absolute atomic E-state index is 6.48. The summed E-state index contributed by atoms with van der Waals surface area (Å²) in [6.45, 7) is 0. The van der Waals surface area contributed by atoms with Gasteiger partial charge in [-0.25, -0.2) is 0 Å². The first-order valence-electron chi connectivity index (χ1n) is 21.5. The van der Waals surface area contributed by atoms with Crippen LogP contribution in [-0.4, -0.2) is 0 Å². The van der Waals surface area contributed by atoms with Crippen LogP contribution in [0.4, 0.5) is 17.1 Å². The topological polar surface area (TPSA) is 16.4 Å². The maximum atomic E-state index is 6.48. The number of rotatable bonds is 7. The largest absolute Gasteiger partial charge is 0.455 e. The van der Waals surface area contributed by atoms with Gasteiger partial charge in [0.25, 0.3) is 0 Å². The van der Waals surface area contributed by atoms with Crippen LogP contribution < -0.4 is 4.90 Å². The molecule has 8 aromatic rings. The second-order valence-corrected chi connectivity index (χ2v) is 16.9. The van der Waals surface area contributed by atoms with E-state index in [1.54, 1.807) is 11.1 Å². The summed E-state index contributed by atoms with van der Waals surface area (Å²) in [5.41, 5.74) is 16.3. The van der Waals surface area contributed by atoms with E-state index in [1.807, 2.05) is 6.07 Å². The lowest BCUT2D eigenvalue weighted by atomic mass is 9.55. The minimum atomic E-state index is 0.0563. The number of para-hydroxylation sites is 2. The van der Waals surface area contributed by atoms with Crippen LogP contribution in [0.15, 0.2) is 168 Å². The van der Waals surface area contributed by atoms with Gasteiger partial charge in [0.15, 0.2) is 0 Å². The summed E-state index contributed by atoms with van der Waals surface area (Å²) in [4.78, 5) is 2.50. The quantitative estimate of drug-likeness (QED) is 0.162. The fourth-order valence-electron chi connectivity index (χ4n) is 11.4. The molecule has 0 bridgehead atoms. The van der Waals surface area contributed by atoms with Crippen LogP contribution in [-0.2, 0) is 5.41 Å². The molecule has 0 N–H and O–H groups in total. The third-order valence-electron chi connectivity index (χ3n) is 13.9. The van der Waals surface area contributed by atoms with E-state index in [4.69, 9.17) is 4.42 Å². The van der Waals surface area contributed by atoms with E-state index in [-0.39, 0.29) is 5.41 Å². The summed E-state index contributed by atoms with van der Waals surface area (Å²) in [6, 6.07) is 61.0. The SMILES string of the molecule is c1ccc(-c2ccc(N(c3ccc(-c4cccc5c4oc4ccccc45)cc3)c3ccc4c(c3)C(C3CCCCC3)(C3CCCCC3)c3ccccc3-4)cc2)cc1. The summed E-state index contributed by atoms with van der Waals surface area (Å²) in [5.74, 6) is 1.34. The Morgan fingerprint density at radius 3 is 1.67 bits per heavy atom. The van der Waals surface area contributed by atoms with Crippen molar-refractivity contribution in [3.05, 3.63) is 175 Å². The Labute approximate surface area is 336 Å². The average molecular weight is 740 g/mol. The predicted molar refractivity (Wildman–Crippen MR) is 239 cm³/mol. The third-order valence-corrected chi connectivity index (χ3v) is 13.9. The van der Waals surface area contributed by atoms with Crippen molar-refractivity contribution in [2.24, 2.45) is 11.8 Å². The Kier molecular flexibility index (Phi) is 8.61. The van der Waals surface area contributed by atoms with E-state index in [2.05, 4.69) is 163 Å². The monoisotopic (exact) mass is 739 g/mol. The van der Waals surface area contributed by atoms with Gasteiger partial charge in [0.05, 0.1) is 0 Å². The molecule has 3 aliphatic rings. The molecular weight excluding hydrogens is 691 g/mol. The second kappa shape index (κ2) is 14.3. The normalized spacial score (nSPS) is 16.8. The zero-order chi connectivity index (χ0) is 37.8. The van der Waals surface area contributed by atoms with Crippen molar-refractivity contribution in [1.82, 2.24) is 0 Å². The zero-order valence-corrected chi connectivity index (χ0v) is 32.7. The highest BCUT2D eigenvalue weighted by Crippen LogP contribution is 2.62. The first kappa shape index (κ1) is 34.4. The Morgan fingerprint density at radius 2 is 0.947 bits per heavy atom. The molecule has 0 atom stereocenters. The lowest BCUT2D eigenvalue weighted by Gasteiger charge is -2.49. The Morgan fingerprint density at radius 1 is 0.404 bits per heavy atom. The maximum Gasteiger partial charge on any atom is 0.143 e. The van der Waals surface area contributed by atoms with Crippen molar-refractivity contribution in [2.45, 2.75) is 69.6 Å². The fraction of sp³-hybridized carbons (Fsp3) is 0.236. The molecule has 0 saturated heterocycles. The summed E-state index contributed by atoms with van der Waals surface area (Å²) in [6.07, 6.45) is 13.5. The Hall–Kier alpha value is -5.86. The predicted octanol–water partition coefficient (Wildman–Crippen LogP) is 15.8. The first-order valence-corrected chi connectivity index (χ1v) is 21.5. The molecule has 1 heterocycles. The van der Waals surface area contributed by atoms with Gasteiger partial charge in [0.1, 0.15) is 11.2 Å². The summed E-state index contributed by atoms with van der Waals surface area (Å²) < 4.78 is 6.48. The number of nitrogens with zero attached hydrogens (tertiary/aromatic N) is 1. The standard InChI is InChI=1S/C55H49NO/c1-4-15-38(16-5-1)39-27-31-43(32-28-39)56(44-33-29-40(30-34-44)46-23-14-24-50-49-22-11-13-26-53(49)57-54(46)50)45-35-36-48-47-21-10-12-25-51(47)55(52(48)37-45,41-17-6-2-7-18-41)42-19-8-3-9-20-42/h1,4-5,10-16,21-37,41-42H,2-3,6-9,17-20H2. The molecule has 2 nitrogen and oxygen atoms in total. The van der Waals surface area contributed by atoms with Crippen molar-refractivity contribution in [3.8, 4) is 33.4 Å². The van der Waals surface area contributed by atoms with Gasteiger partial charge in [-0.1, -0.05) is 160 Å². The number of hydrogen-bond acceptors (Lipinski definition) is 2. The molecule has 0 amide bonds. The van der Waals surface area contributed by atoms with Crippen molar-refractivity contribution in [1.29, 1.82) is 0 Å². The van der Waals surface area contributed by atoms with Gasteiger partial charge in [-0.15, -0.1) is 0 Å². The number of anilines is 3. The second-order valence-electron chi connectivity index (χ2n) is 16.9. The van der Waals surface area contributed by atoms with Gasteiger partial charge in [0.2, 0.25) is 0 Å². The molecule has 1 aromatic heterocycles. The molecule has 2 fully saturated rings. The van der Waals surface area contributed by atoms with Gasteiger partial charge in [-0.2, -0.15) is 0 Å². The zero-order valence-electron chi connectivity index (χ0n) is 32.7. The summed E-state index contributed by atoms with van der Waals surface area (Å²) in [7, 11) is 0. The van der Waals surface area contributed by atoms with Crippen molar-refractivity contribution in [3.63, 3.8) is 0 Å². The van der Waals surface area contributed by atoms with E-state index in [0.717, 1.165) is 38.8 Å². The molecule has 11 rings (SSSR count). The molecular formula is C55H49NO. The highest BCUT2D eigenvalue weighted by atomic mass is 16.3. The van der Waals surface area contributed by atoms with E-state index < -0.39 is 0 Å². The minimum Gasteiger partial charge on any atom is -0.455 e. The highest BCUT2D eigenvalue weighted by Gasteiger charge is 2.53. The van der Waals surface area contributed by atoms with Gasteiger partial charge in [0, 0.05) is 38.8 Å². The van der Waals surface area contributed by atoms with Gasteiger partial charge >= 0.3 is 0 Å². The van der Waals surface area contributed by atoms with Crippen LogP contribution in [0.2, 0.25) is 0 Å². The average Bonchev–Trinajstić information content (AvgIpc) is 3.82. The Balaban J connectivity index is 1.07. The molecule has 3 aliphatic carbocycles. The van der Waals surface area contributed by atoms with Crippen molar-refractivity contribution >= 4 is 39.0 Å². The molecule has 280 valence electrons. The number of benzene rings is 7. The van der Waals surface area contributed by atoms with Gasteiger partial charge in [-0.3, -0.25) is 0 Å². The molecule has 0 spiro atoms. The summed E-state index contributed by atoms with van der Waals surface area (Å²) >= 11 is 0. The molecule has 57 heavy (non-hydrogen) atoms. The number of fused-ring (bicyclic) bond motifs is 6. The van der Waals surface area contributed by atoms with Crippen LogP contribution in [0.5, 0.6) is 0 Å². The fourth-order valence-corrected chi connectivity index (χ4v) is 11.4. The van der Waals surface area contributed by atoms with Crippen LogP contribution in [0, 0.1) is 11.8 Å². The van der Waals surface area contributed by atoms with Crippen LogP contribution in [0.1, 0.15) is 75.3 Å². The lowest BCUT2D eigenvalue weighted by molar-refractivity contribution is 0.137. The molecule has 0 aliphatic heterocycles. The van der Waals surface area contributed by atoms with Crippen LogP contribution in [0.3, 0.4) is 0 Å². The first-order chi connectivity index (χ1) is 28.3. The minimum absolute atomic E-state index is 0.0563.